The molecular weight excluding hydrogens is 268 g/mol. The van der Waals surface area contributed by atoms with Gasteiger partial charge in [-0.15, -0.1) is 11.6 Å². The number of hydrogen-bond acceptors (Lipinski definition) is 1. The standard InChI is InChI=1S/C9H11Cl2F3O2/c1-8(2,6(11)7(15)16)4-3-5(10)9(12,13)14/h3,6H,4H2,1-2H3,(H,15,16)/b5-3+. The van der Waals surface area contributed by atoms with E-state index in [2.05, 4.69) is 0 Å². The van der Waals surface area contributed by atoms with E-state index in [0.29, 0.717) is 0 Å². The molecule has 0 rings (SSSR count). The Hall–Kier alpha value is -0.420. The van der Waals surface area contributed by atoms with Crippen molar-refractivity contribution in [1.82, 2.24) is 0 Å². The Morgan fingerprint density at radius 1 is 1.44 bits per heavy atom. The van der Waals surface area contributed by atoms with E-state index in [1.54, 1.807) is 0 Å². The molecule has 1 N–H and O–H groups in total. The summed E-state index contributed by atoms with van der Waals surface area (Å²) in [5, 5.41) is 6.09. The van der Waals surface area contributed by atoms with E-state index < -0.39 is 28.0 Å². The SMILES string of the molecule is CC(C)(C/C=C(/Cl)C(F)(F)F)C(Cl)C(=O)O. The number of carbonyl (C=O) groups is 1. The second-order valence-corrected chi connectivity index (χ2v) is 4.79. The third-order valence-electron chi connectivity index (χ3n) is 1.98. The van der Waals surface area contributed by atoms with Crippen LogP contribution in [0, 0.1) is 5.41 Å². The van der Waals surface area contributed by atoms with E-state index in [0.717, 1.165) is 6.08 Å². The first kappa shape index (κ1) is 15.6. The smallest absolute Gasteiger partial charge is 0.426 e. The first-order chi connectivity index (χ1) is 6.98. The van der Waals surface area contributed by atoms with E-state index >= 15 is 0 Å². The maximum atomic E-state index is 12.0. The number of carboxylic acids is 1. The quantitative estimate of drug-likeness (QED) is 0.795. The summed E-state index contributed by atoms with van der Waals surface area (Å²) in [5.41, 5.74) is -1.02. The molecule has 0 aliphatic rings. The van der Waals surface area contributed by atoms with Crippen molar-refractivity contribution in [3.63, 3.8) is 0 Å². The van der Waals surface area contributed by atoms with Crippen LogP contribution in [-0.2, 0) is 4.79 Å². The average molecular weight is 279 g/mol. The summed E-state index contributed by atoms with van der Waals surface area (Å²) in [4.78, 5) is 10.6. The lowest BCUT2D eigenvalue weighted by Crippen LogP contribution is -2.31. The van der Waals surface area contributed by atoms with Gasteiger partial charge in [-0.1, -0.05) is 31.5 Å². The molecule has 0 fully saturated rings. The molecule has 0 amide bonds. The molecule has 0 spiro atoms. The van der Waals surface area contributed by atoms with Crippen LogP contribution < -0.4 is 0 Å². The van der Waals surface area contributed by atoms with Crippen LogP contribution in [0.1, 0.15) is 20.3 Å². The van der Waals surface area contributed by atoms with Crippen molar-refractivity contribution in [2.45, 2.75) is 31.8 Å². The minimum Gasteiger partial charge on any atom is -0.480 e. The molecule has 0 aromatic rings. The van der Waals surface area contributed by atoms with Crippen LogP contribution >= 0.6 is 23.2 Å². The average Bonchev–Trinajstić information content (AvgIpc) is 2.11. The maximum absolute atomic E-state index is 12.0. The second kappa shape index (κ2) is 5.27. The van der Waals surface area contributed by atoms with Crippen molar-refractivity contribution in [1.29, 1.82) is 0 Å². The summed E-state index contributed by atoms with van der Waals surface area (Å²) in [6, 6.07) is 0. The van der Waals surface area contributed by atoms with Gasteiger partial charge in [0.25, 0.3) is 0 Å². The number of hydrogen-bond donors (Lipinski definition) is 1. The van der Waals surface area contributed by atoms with Gasteiger partial charge in [0.15, 0.2) is 0 Å². The van der Waals surface area contributed by atoms with Gasteiger partial charge in [-0.2, -0.15) is 13.2 Å². The summed E-state index contributed by atoms with van der Waals surface area (Å²) >= 11 is 10.5. The molecule has 0 aliphatic carbocycles. The Balaban J connectivity index is 4.68. The van der Waals surface area contributed by atoms with Crippen LogP contribution in [0.4, 0.5) is 13.2 Å². The third-order valence-corrected chi connectivity index (χ3v) is 3.13. The fourth-order valence-electron chi connectivity index (χ4n) is 0.906. The normalized spacial score (nSPS) is 16.1. The van der Waals surface area contributed by atoms with Crippen LogP contribution in [-0.4, -0.2) is 22.6 Å². The Kier molecular flexibility index (Phi) is 5.14. The third kappa shape index (κ3) is 4.61. The van der Waals surface area contributed by atoms with Crippen molar-refractivity contribution in [2.24, 2.45) is 5.41 Å². The fraction of sp³-hybridized carbons (Fsp3) is 0.667. The predicted octanol–water partition coefficient (Wildman–Crippen LogP) is 3.78. The molecule has 0 saturated carbocycles. The molecule has 0 aromatic heterocycles. The Bertz CT molecular complexity index is 298. The van der Waals surface area contributed by atoms with Crippen LogP contribution in [0.5, 0.6) is 0 Å². The van der Waals surface area contributed by atoms with Crippen molar-refractivity contribution >= 4 is 29.2 Å². The number of alkyl halides is 4. The van der Waals surface area contributed by atoms with Gasteiger partial charge in [0.05, 0.1) is 0 Å². The summed E-state index contributed by atoms with van der Waals surface area (Å²) < 4.78 is 36.1. The van der Waals surface area contributed by atoms with E-state index in [1.165, 1.54) is 13.8 Å². The van der Waals surface area contributed by atoms with Gasteiger partial charge in [-0.05, 0) is 11.8 Å². The van der Waals surface area contributed by atoms with E-state index in [1.807, 2.05) is 0 Å². The molecule has 0 saturated heterocycles. The van der Waals surface area contributed by atoms with E-state index in [4.69, 9.17) is 28.3 Å². The van der Waals surface area contributed by atoms with Crippen molar-refractivity contribution < 1.29 is 23.1 Å². The van der Waals surface area contributed by atoms with Crippen LogP contribution in [0.15, 0.2) is 11.1 Å². The highest BCUT2D eigenvalue weighted by atomic mass is 35.5. The van der Waals surface area contributed by atoms with Gasteiger partial charge >= 0.3 is 12.1 Å². The predicted molar refractivity (Wildman–Crippen MR) is 55.7 cm³/mol. The lowest BCUT2D eigenvalue weighted by molar-refractivity contribution is -0.138. The fourth-order valence-corrected chi connectivity index (χ4v) is 1.07. The first-order valence-electron chi connectivity index (χ1n) is 4.28. The van der Waals surface area contributed by atoms with Gasteiger partial charge in [0.1, 0.15) is 10.4 Å². The topological polar surface area (TPSA) is 37.3 Å². The highest BCUT2D eigenvalue weighted by molar-refractivity contribution is 6.30. The largest absolute Gasteiger partial charge is 0.480 e. The molecular formula is C9H11Cl2F3O2. The molecule has 0 heterocycles. The van der Waals surface area contributed by atoms with Crippen LogP contribution in [0.2, 0.25) is 0 Å². The van der Waals surface area contributed by atoms with E-state index in [9.17, 15) is 18.0 Å². The van der Waals surface area contributed by atoms with Gasteiger partial charge in [0.2, 0.25) is 0 Å². The summed E-state index contributed by atoms with van der Waals surface area (Å²) in [6.45, 7) is 2.91. The van der Waals surface area contributed by atoms with Crippen LogP contribution in [0.3, 0.4) is 0 Å². The monoisotopic (exact) mass is 278 g/mol. The number of rotatable bonds is 4. The van der Waals surface area contributed by atoms with Crippen molar-refractivity contribution in [2.75, 3.05) is 0 Å². The number of carboxylic acid groups (broad SMARTS) is 1. The Labute approximate surface area is 101 Å². The van der Waals surface area contributed by atoms with Gasteiger partial charge in [-0.3, -0.25) is 4.79 Å². The highest BCUT2D eigenvalue weighted by Gasteiger charge is 2.36. The zero-order valence-electron chi connectivity index (χ0n) is 8.61. The minimum absolute atomic E-state index is 0.175. The minimum atomic E-state index is -4.61. The van der Waals surface area contributed by atoms with Crippen LogP contribution in [0.25, 0.3) is 0 Å². The van der Waals surface area contributed by atoms with Crippen molar-refractivity contribution in [3.8, 4) is 0 Å². The molecule has 0 aliphatic heterocycles. The molecule has 7 heteroatoms. The lowest BCUT2D eigenvalue weighted by Gasteiger charge is -2.25. The number of allylic oxidation sites excluding steroid dienone is 2. The molecule has 0 radical (unpaired) electrons. The molecule has 16 heavy (non-hydrogen) atoms. The van der Waals surface area contributed by atoms with Gasteiger partial charge < -0.3 is 5.11 Å². The summed E-state index contributed by atoms with van der Waals surface area (Å²) in [5.74, 6) is -1.27. The summed E-state index contributed by atoms with van der Waals surface area (Å²) in [7, 11) is 0. The molecule has 0 bridgehead atoms. The van der Waals surface area contributed by atoms with Gasteiger partial charge in [-0.25, -0.2) is 0 Å². The highest BCUT2D eigenvalue weighted by Crippen LogP contribution is 2.34. The lowest BCUT2D eigenvalue weighted by atomic mass is 9.85. The Morgan fingerprint density at radius 2 is 1.88 bits per heavy atom. The first-order valence-corrected chi connectivity index (χ1v) is 5.09. The number of aliphatic carboxylic acids is 1. The molecule has 0 aromatic carbocycles. The van der Waals surface area contributed by atoms with E-state index in [-0.39, 0.29) is 6.42 Å². The molecule has 94 valence electrons. The zero-order chi connectivity index (χ0) is 13.1. The molecule has 1 unspecified atom stereocenters. The van der Waals surface area contributed by atoms with Crippen molar-refractivity contribution in [3.05, 3.63) is 11.1 Å². The number of halogens is 5. The summed E-state index contributed by atoms with van der Waals surface area (Å²) in [6.07, 6.45) is -4.05. The Morgan fingerprint density at radius 3 is 2.19 bits per heavy atom. The van der Waals surface area contributed by atoms with Gasteiger partial charge in [0, 0.05) is 0 Å². The zero-order valence-corrected chi connectivity index (χ0v) is 10.1. The molecule has 1 atom stereocenters. The second-order valence-electron chi connectivity index (χ2n) is 3.94. The molecule has 2 nitrogen and oxygen atoms in total. The maximum Gasteiger partial charge on any atom is 0.426 e.